The Morgan fingerprint density at radius 3 is 2.37 bits per heavy atom. The van der Waals surface area contributed by atoms with Crippen LogP contribution in [0.4, 0.5) is 5.69 Å². The Bertz CT molecular complexity index is 941. The Hall–Kier alpha value is -1.70. The van der Waals surface area contributed by atoms with Gasteiger partial charge in [-0.25, -0.2) is 8.42 Å². The Labute approximate surface area is 188 Å². The molecule has 1 saturated carbocycles. The molecule has 8 heteroatoms. The lowest BCUT2D eigenvalue weighted by atomic mass is 10.2. The fourth-order valence-electron chi connectivity index (χ4n) is 3.42. The summed E-state index contributed by atoms with van der Waals surface area (Å²) < 4.78 is 27.7. The standard InChI is InChI=1S/C22H27ClN2O3S2/c1-17-6-12-21(13-7-17)30(27,28)25(19-10-8-18(23)9-11-19)16-22(26)24-14-15-29-20-4-2-3-5-20/h6-13,20H,2-5,14-16H2,1H3,(H,24,26). The molecule has 0 heterocycles. The van der Waals surface area contributed by atoms with E-state index in [0.717, 1.165) is 15.6 Å². The average molecular weight is 467 g/mol. The lowest BCUT2D eigenvalue weighted by molar-refractivity contribution is -0.119. The number of nitrogens with one attached hydrogen (secondary N) is 1. The number of carbonyl (C=O) groups excluding carboxylic acids is 1. The van der Waals surface area contributed by atoms with Crippen molar-refractivity contribution in [3.05, 3.63) is 59.1 Å². The summed E-state index contributed by atoms with van der Waals surface area (Å²) in [6.07, 6.45) is 5.07. The van der Waals surface area contributed by atoms with Crippen molar-refractivity contribution in [1.82, 2.24) is 5.32 Å². The van der Waals surface area contributed by atoms with Crippen molar-refractivity contribution in [2.24, 2.45) is 0 Å². The molecule has 1 amide bonds. The highest BCUT2D eigenvalue weighted by molar-refractivity contribution is 7.99. The number of amides is 1. The van der Waals surface area contributed by atoms with Gasteiger partial charge in [-0.2, -0.15) is 11.8 Å². The highest BCUT2D eigenvalue weighted by Crippen LogP contribution is 2.29. The second-order valence-corrected chi connectivity index (χ2v) is 11.1. The molecule has 0 unspecified atom stereocenters. The maximum absolute atomic E-state index is 13.3. The molecule has 0 aliphatic heterocycles. The van der Waals surface area contributed by atoms with Crippen molar-refractivity contribution in [3.63, 3.8) is 0 Å². The van der Waals surface area contributed by atoms with E-state index in [9.17, 15) is 13.2 Å². The second-order valence-electron chi connectivity index (χ2n) is 7.43. The van der Waals surface area contributed by atoms with Crippen LogP contribution in [0, 0.1) is 6.92 Å². The molecule has 0 spiro atoms. The minimum atomic E-state index is -3.90. The van der Waals surface area contributed by atoms with Gasteiger partial charge in [-0.3, -0.25) is 9.10 Å². The second kappa shape index (κ2) is 10.6. The van der Waals surface area contributed by atoms with Crippen LogP contribution in [0.3, 0.4) is 0 Å². The van der Waals surface area contributed by atoms with Gasteiger partial charge in [-0.15, -0.1) is 0 Å². The smallest absolute Gasteiger partial charge is 0.264 e. The number of rotatable bonds is 9. The molecule has 2 aromatic rings. The van der Waals surface area contributed by atoms with Crippen LogP contribution in [0.2, 0.25) is 5.02 Å². The zero-order valence-electron chi connectivity index (χ0n) is 17.0. The van der Waals surface area contributed by atoms with Gasteiger partial charge >= 0.3 is 0 Å². The number of hydrogen-bond acceptors (Lipinski definition) is 4. The number of halogens is 1. The summed E-state index contributed by atoms with van der Waals surface area (Å²) in [4.78, 5) is 12.7. The molecule has 1 N–H and O–H groups in total. The summed E-state index contributed by atoms with van der Waals surface area (Å²) in [5, 5.41) is 4.05. The quantitative estimate of drug-likeness (QED) is 0.547. The molecule has 5 nitrogen and oxygen atoms in total. The number of hydrogen-bond donors (Lipinski definition) is 1. The van der Waals surface area contributed by atoms with Gasteiger partial charge in [0.05, 0.1) is 10.6 Å². The third-order valence-electron chi connectivity index (χ3n) is 5.09. The Balaban J connectivity index is 1.70. The molecule has 1 aliphatic rings. The van der Waals surface area contributed by atoms with Crippen molar-refractivity contribution in [2.75, 3.05) is 23.1 Å². The highest BCUT2D eigenvalue weighted by Gasteiger charge is 2.27. The number of sulfonamides is 1. The number of aryl methyl sites for hydroxylation is 1. The van der Waals surface area contributed by atoms with Crippen LogP contribution >= 0.6 is 23.4 Å². The molecule has 1 fully saturated rings. The zero-order valence-corrected chi connectivity index (χ0v) is 19.4. The molecule has 0 saturated heterocycles. The molecule has 1 aliphatic carbocycles. The molecule has 0 bridgehead atoms. The van der Waals surface area contributed by atoms with Gasteiger partial charge in [0.15, 0.2) is 0 Å². The number of benzene rings is 2. The summed E-state index contributed by atoms with van der Waals surface area (Å²) in [6.45, 7) is 2.13. The molecule has 3 rings (SSSR count). The van der Waals surface area contributed by atoms with Crippen molar-refractivity contribution in [2.45, 2.75) is 42.8 Å². The monoisotopic (exact) mass is 466 g/mol. The average Bonchev–Trinajstić information content (AvgIpc) is 3.24. The van der Waals surface area contributed by atoms with Crippen LogP contribution in [0.5, 0.6) is 0 Å². The van der Waals surface area contributed by atoms with Crippen molar-refractivity contribution < 1.29 is 13.2 Å². The van der Waals surface area contributed by atoms with Gasteiger partial charge in [0.1, 0.15) is 6.54 Å². The van der Waals surface area contributed by atoms with E-state index >= 15 is 0 Å². The molecule has 30 heavy (non-hydrogen) atoms. The maximum Gasteiger partial charge on any atom is 0.264 e. The van der Waals surface area contributed by atoms with Crippen LogP contribution in [0.1, 0.15) is 31.2 Å². The minimum absolute atomic E-state index is 0.146. The van der Waals surface area contributed by atoms with Crippen molar-refractivity contribution in [1.29, 1.82) is 0 Å². The lowest BCUT2D eigenvalue weighted by Gasteiger charge is -2.24. The van der Waals surface area contributed by atoms with E-state index in [1.165, 1.54) is 25.7 Å². The predicted molar refractivity (Wildman–Crippen MR) is 125 cm³/mol. The lowest BCUT2D eigenvalue weighted by Crippen LogP contribution is -2.41. The minimum Gasteiger partial charge on any atom is -0.354 e. The fraction of sp³-hybridized carbons (Fsp3) is 0.409. The number of anilines is 1. The van der Waals surface area contributed by atoms with Gasteiger partial charge in [-0.1, -0.05) is 42.1 Å². The fourth-order valence-corrected chi connectivity index (χ4v) is 6.18. The summed E-state index contributed by atoms with van der Waals surface area (Å²) in [6, 6.07) is 13.1. The molecule has 0 aromatic heterocycles. The van der Waals surface area contributed by atoms with E-state index in [2.05, 4.69) is 5.32 Å². The topological polar surface area (TPSA) is 66.5 Å². The molecule has 0 radical (unpaired) electrons. The van der Waals surface area contributed by atoms with Crippen molar-refractivity contribution >= 4 is 45.0 Å². The van der Waals surface area contributed by atoms with Crippen LogP contribution in [0.15, 0.2) is 53.4 Å². The normalized spacial score (nSPS) is 14.6. The zero-order chi connectivity index (χ0) is 21.6. The summed E-state index contributed by atoms with van der Waals surface area (Å²) >= 11 is 7.84. The molecule has 0 atom stereocenters. The molecular formula is C22H27ClN2O3S2. The van der Waals surface area contributed by atoms with E-state index < -0.39 is 10.0 Å². The van der Waals surface area contributed by atoms with E-state index in [4.69, 9.17) is 11.6 Å². The van der Waals surface area contributed by atoms with Crippen LogP contribution in [0.25, 0.3) is 0 Å². The van der Waals surface area contributed by atoms with Crippen LogP contribution in [-0.4, -0.2) is 38.4 Å². The summed E-state index contributed by atoms with van der Waals surface area (Å²) in [5.41, 5.74) is 1.36. The van der Waals surface area contributed by atoms with Gasteiger partial charge in [0.25, 0.3) is 10.0 Å². The number of thioether (sulfide) groups is 1. The third-order valence-corrected chi connectivity index (χ3v) is 8.51. The number of nitrogens with zero attached hydrogens (tertiary/aromatic N) is 1. The van der Waals surface area contributed by atoms with Gasteiger partial charge in [0.2, 0.25) is 5.91 Å². The first-order valence-electron chi connectivity index (χ1n) is 10.1. The van der Waals surface area contributed by atoms with Crippen molar-refractivity contribution in [3.8, 4) is 0 Å². The van der Waals surface area contributed by atoms with E-state index in [-0.39, 0.29) is 17.3 Å². The summed E-state index contributed by atoms with van der Waals surface area (Å²) in [7, 11) is -3.90. The first-order chi connectivity index (χ1) is 14.4. The first kappa shape index (κ1) is 23.0. The Morgan fingerprint density at radius 2 is 1.73 bits per heavy atom. The predicted octanol–water partition coefficient (Wildman–Crippen LogP) is 4.64. The Morgan fingerprint density at radius 1 is 1.10 bits per heavy atom. The molecule has 162 valence electrons. The highest BCUT2D eigenvalue weighted by atomic mass is 35.5. The number of carbonyl (C=O) groups is 1. The molecular weight excluding hydrogens is 440 g/mol. The first-order valence-corrected chi connectivity index (χ1v) is 13.0. The van der Waals surface area contributed by atoms with Gasteiger partial charge < -0.3 is 5.32 Å². The van der Waals surface area contributed by atoms with Crippen LogP contribution in [-0.2, 0) is 14.8 Å². The van der Waals surface area contributed by atoms with Crippen LogP contribution < -0.4 is 9.62 Å². The third kappa shape index (κ3) is 6.15. The summed E-state index contributed by atoms with van der Waals surface area (Å²) in [5.74, 6) is 0.509. The SMILES string of the molecule is Cc1ccc(S(=O)(=O)N(CC(=O)NCCSC2CCCC2)c2ccc(Cl)cc2)cc1. The van der Waals surface area contributed by atoms with E-state index in [1.807, 2.05) is 18.7 Å². The van der Waals surface area contributed by atoms with Gasteiger partial charge in [0, 0.05) is 22.6 Å². The van der Waals surface area contributed by atoms with Gasteiger partial charge in [-0.05, 0) is 56.2 Å². The largest absolute Gasteiger partial charge is 0.354 e. The Kier molecular flexibility index (Phi) is 8.08. The molecule has 2 aromatic carbocycles. The van der Waals surface area contributed by atoms with E-state index in [1.54, 1.807) is 48.5 Å². The maximum atomic E-state index is 13.3. The van der Waals surface area contributed by atoms with E-state index in [0.29, 0.717) is 22.5 Å².